The molecule has 1 N–H and O–H groups in total. The Morgan fingerprint density at radius 3 is 2.79 bits per heavy atom. The normalized spacial score (nSPS) is 29.7. The molecule has 2 aromatic carbocycles. The lowest BCUT2D eigenvalue weighted by Crippen LogP contribution is -2.78. The van der Waals surface area contributed by atoms with Gasteiger partial charge in [0.15, 0.2) is 0 Å². The number of amides is 1. The lowest BCUT2D eigenvalue weighted by Gasteiger charge is -2.64. The van der Waals surface area contributed by atoms with Crippen molar-refractivity contribution in [2.45, 2.75) is 75.1 Å². The Hall–Kier alpha value is -3.30. The second kappa shape index (κ2) is 10.5. The van der Waals surface area contributed by atoms with E-state index >= 15 is 0 Å². The summed E-state index contributed by atoms with van der Waals surface area (Å²) < 4.78 is 48.9. The average Bonchev–Trinajstić information content (AvgIpc) is 3.26. The molecule has 1 spiro atoms. The molecule has 2 bridgehead atoms. The third-order valence-electron chi connectivity index (χ3n) is 9.56. The lowest BCUT2D eigenvalue weighted by molar-refractivity contribution is -0.274. The highest BCUT2D eigenvalue weighted by molar-refractivity contribution is 5.92. The van der Waals surface area contributed by atoms with Gasteiger partial charge in [-0.15, -0.1) is 19.8 Å². The van der Waals surface area contributed by atoms with Gasteiger partial charge in [-0.2, -0.15) is 0 Å². The second-order valence-electron chi connectivity index (χ2n) is 12.4. The first-order valence-corrected chi connectivity index (χ1v) is 14.7. The zero-order chi connectivity index (χ0) is 29.9. The van der Waals surface area contributed by atoms with E-state index in [1.807, 2.05) is 37.0 Å². The minimum Gasteiger partial charge on any atom is -0.487 e. The minimum absolute atomic E-state index is 0.0718. The summed E-state index contributed by atoms with van der Waals surface area (Å²) in [6.07, 6.45) is 2.17. The van der Waals surface area contributed by atoms with E-state index in [0.29, 0.717) is 37.9 Å². The van der Waals surface area contributed by atoms with Gasteiger partial charge in [0.05, 0.1) is 17.1 Å². The Morgan fingerprint density at radius 1 is 1.26 bits per heavy atom. The van der Waals surface area contributed by atoms with Crippen LogP contribution >= 0.6 is 0 Å². The number of aliphatic hydroxyl groups is 1. The number of carbonyl (C=O) groups excluding carboxylic acids is 1. The largest absolute Gasteiger partial charge is 0.573 e. The van der Waals surface area contributed by atoms with E-state index in [-0.39, 0.29) is 29.7 Å². The quantitative estimate of drug-likeness (QED) is 0.330. The zero-order valence-electron chi connectivity index (χ0n) is 23.9. The van der Waals surface area contributed by atoms with E-state index in [1.54, 1.807) is 6.07 Å². The number of rotatable bonds is 8. The summed E-state index contributed by atoms with van der Waals surface area (Å²) in [6, 6.07) is 11.3. The molecule has 0 radical (unpaired) electrons. The van der Waals surface area contributed by atoms with Gasteiger partial charge >= 0.3 is 6.36 Å². The molecule has 224 valence electrons. The van der Waals surface area contributed by atoms with E-state index < -0.39 is 23.5 Å². The lowest BCUT2D eigenvalue weighted by atomic mass is 9.48. The van der Waals surface area contributed by atoms with E-state index in [4.69, 9.17) is 4.74 Å². The molecule has 2 aliphatic carbocycles. The molecule has 2 aliphatic heterocycles. The number of nitrogens with zero attached hydrogens (tertiary/aromatic N) is 2. The Kier molecular flexibility index (Phi) is 7.17. The average molecular weight is 583 g/mol. The summed E-state index contributed by atoms with van der Waals surface area (Å²) in [6.45, 7) is 10.0. The molecule has 9 heteroatoms. The highest BCUT2D eigenvalue weighted by Crippen LogP contribution is 2.64. The number of hydrogen-bond acceptors (Lipinski definition) is 5. The molecule has 1 amide bonds. The van der Waals surface area contributed by atoms with Crippen LogP contribution in [0.3, 0.4) is 0 Å². The van der Waals surface area contributed by atoms with Crippen LogP contribution < -0.4 is 9.47 Å². The molecule has 5 atom stereocenters. The van der Waals surface area contributed by atoms with Crippen LogP contribution in [0.1, 0.15) is 49.8 Å². The standard InChI is InChI=1S/C33H37F3N2O4/c1-4-16-37-17-15-31-29-23-8-6-10-26(29)41-30(31)25(13-14-32(31,40)27(37)19-23)38(20-21(2)3)28(39)12-11-22-7-5-9-24(18-22)42-33(34,35)36/h4-12,18,21,25,27,30,40H,1,13-17,19-20H2,2-3H3/t25-,27-,30+,31+,32-/m1/s1. The van der Waals surface area contributed by atoms with Gasteiger partial charge in [-0.25, -0.2) is 0 Å². The van der Waals surface area contributed by atoms with Crippen molar-refractivity contribution in [3.63, 3.8) is 0 Å². The summed E-state index contributed by atoms with van der Waals surface area (Å²) in [5, 5.41) is 12.6. The van der Waals surface area contributed by atoms with Gasteiger partial charge in [-0.3, -0.25) is 9.69 Å². The second-order valence-corrected chi connectivity index (χ2v) is 12.4. The third-order valence-corrected chi connectivity index (χ3v) is 9.56. The van der Waals surface area contributed by atoms with Crippen LogP contribution in [0.4, 0.5) is 13.2 Å². The van der Waals surface area contributed by atoms with Crippen LogP contribution in [0.2, 0.25) is 0 Å². The van der Waals surface area contributed by atoms with E-state index in [9.17, 15) is 23.1 Å². The smallest absolute Gasteiger partial charge is 0.487 e. The van der Waals surface area contributed by atoms with Crippen molar-refractivity contribution < 1.29 is 32.5 Å². The number of likely N-dealkylation sites (tertiary alicyclic amines) is 1. The molecule has 1 saturated carbocycles. The SMILES string of the molecule is C=CCN1CC[C@]23c4c5cccc4O[C@H]2[C@H](N(CC(C)C)C(=O)C=Cc2cccc(OC(F)(F)F)c2)CC[C@@]3(O)[C@H]1C5. The summed E-state index contributed by atoms with van der Waals surface area (Å²) in [5.41, 5.74) is 1.08. The number of piperidine rings is 1. The maximum Gasteiger partial charge on any atom is 0.573 e. The fraction of sp³-hybridized carbons (Fsp3) is 0.485. The van der Waals surface area contributed by atoms with Gasteiger partial charge in [0, 0.05) is 30.8 Å². The van der Waals surface area contributed by atoms with Crippen molar-refractivity contribution in [3.05, 3.63) is 77.9 Å². The predicted octanol–water partition coefficient (Wildman–Crippen LogP) is 5.49. The zero-order valence-corrected chi connectivity index (χ0v) is 23.9. The highest BCUT2D eigenvalue weighted by Gasteiger charge is 2.73. The molecular weight excluding hydrogens is 545 g/mol. The Bertz CT molecular complexity index is 1410. The summed E-state index contributed by atoms with van der Waals surface area (Å²) >= 11 is 0. The van der Waals surface area contributed by atoms with E-state index in [1.165, 1.54) is 35.9 Å². The number of hydrogen-bond donors (Lipinski definition) is 1. The first kappa shape index (κ1) is 28.8. The van der Waals surface area contributed by atoms with Crippen LogP contribution in [0.25, 0.3) is 6.08 Å². The summed E-state index contributed by atoms with van der Waals surface area (Å²) in [7, 11) is 0. The van der Waals surface area contributed by atoms with Crippen molar-refractivity contribution in [2.75, 3.05) is 19.6 Å². The van der Waals surface area contributed by atoms with Crippen molar-refractivity contribution in [2.24, 2.45) is 5.92 Å². The predicted molar refractivity (Wildman–Crippen MR) is 153 cm³/mol. The number of benzene rings is 2. The van der Waals surface area contributed by atoms with Gasteiger partial charge < -0.3 is 19.5 Å². The maximum absolute atomic E-state index is 13.9. The number of carbonyl (C=O) groups is 1. The van der Waals surface area contributed by atoms with Gasteiger partial charge in [-0.1, -0.05) is 44.2 Å². The molecule has 0 aromatic heterocycles. The van der Waals surface area contributed by atoms with Gasteiger partial charge in [0.2, 0.25) is 5.91 Å². The van der Waals surface area contributed by atoms with Gasteiger partial charge in [0.1, 0.15) is 17.6 Å². The minimum atomic E-state index is -4.80. The molecule has 0 unspecified atom stereocenters. The van der Waals surface area contributed by atoms with Crippen molar-refractivity contribution >= 4 is 12.0 Å². The van der Waals surface area contributed by atoms with Crippen LogP contribution in [-0.2, 0) is 16.6 Å². The van der Waals surface area contributed by atoms with Crippen molar-refractivity contribution in [1.29, 1.82) is 0 Å². The molecule has 42 heavy (non-hydrogen) atoms. The Labute approximate surface area is 244 Å². The van der Waals surface area contributed by atoms with Crippen molar-refractivity contribution in [1.82, 2.24) is 9.80 Å². The summed E-state index contributed by atoms with van der Waals surface area (Å²) in [4.78, 5) is 18.0. The fourth-order valence-corrected chi connectivity index (χ4v) is 8.14. The molecule has 1 saturated heterocycles. The molecular formula is C33H37F3N2O4. The molecule has 2 aromatic rings. The van der Waals surface area contributed by atoms with E-state index in [0.717, 1.165) is 24.3 Å². The van der Waals surface area contributed by atoms with Gasteiger partial charge in [-0.05, 0) is 73.5 Å². The summed E-state index contributed by atoms with van der Waals surface area (Å²) in [5.74, 6) is 0.378. The van der Waals surface area contributed by atoms with E-state index in [2.05, 4.69) is 22.3 Å². The maximum atomic E-state index is 13.9. The van der Waals surface area contributed by atoms with Crippen LogP contribution in [-0.4, -0.2) is 70.6 Å². The fourth-order valence-electron chi connectivity index (χ4n) is 8.14. The molecule has 6 nitrogen and oxygen atoms in total. The number of ether oxygens (including phenoxy) is 2. The number of alkyl halides is 3. The Morgan fingerprint density at radius 2 is 2.05 bits per heavy atom. The molecule has 6 rings (SSSR count). The van der Waals surface area contributed by atoms with Crippen molar-refractivity contribution in [3.8, 4) is 11.5 Å². The first-order chi connectivity index (χ1) is 20.0. The van der Waals surface area contributed by atoms with Crippen LogP contribution in [0.5, 0.6) is 11.5 Å². The topological polar surface area (TPSA) is 62.2 Å². The molecule has 4 aliphatic rings. The highest BCUT2D eigenvalue weighted by atomic mass is 19.4. The molecule has 2 heterocycles. The Balaban J connectivity index is 1.34. The number of halogens is 3. The first-order valence-electron chi connectivity index (χ1n) is 14.7. The van der Waals surface area contributed by atoms with Crippen LogP contribution in [0.15, 0.2) is 61.2 Å². The third kappa shape index (κ3) is 4.61. The van der Waals surface area contributed by atoms with Crippen LogP contribution in [0, 0.1) is 5.92 Å². The van der Waals surface area contributed by atoms with Gasteiger partial charge in [0.25, 0.3) is 0 Å². The monoisotopic (exact) mass is 582 g/mol. The molecule has 2 fully saturated rings.